The van der Waals surface area contributed by atoms with Crippen LogP contribution in [0.3, 0.4) is 0 Å². The summed E-state index contributed by atoms with van der Waals surface area (Å²) in [6.07, 6.45) is 0.931. The Balaban J connectivity index is 2.03. The number of hydrogen-bond acceptors (Lipinski definition) is 3. The smallest absolute Gasteiger partial charge is 0.0511 e. The number of anilines is 1. The number of halogens is 1. The van der Waals surface area contributed by atoms with Gasteiger partial charge < -0.3 is 10.6 Å². The molecule has 1 saturated heterocycles. The average molecular weight is 340 g/mol. The number of nitrogens with zero attached hydrogens (tertiary/aromatic N) is 2. The number of nitrogens with two attached hydrogens (primary N) is 1. The topological polar surface area (TPSA) is 32.5 Å². The molecular formula is C16H26BrN3. The lowest BCUT2D eigenvalue weighted by Gasteiger charge is -2.38. The Kier molecular flexibility index (Phi) is 5.47. The molecule has 1 aliphatic rings. The molecule has 0 saturated carbocycles. The van der Waals surface area contributed by atoms with E-state index >= 15 is 0 Å². The van der Waals surface area contributed by atoms with E-state index in [2.05, 4.69) is 57.8 Å². The minimum Gasteiger partial charge on any atom is -0.368 e. The largest absolute Gasteiger partial charge is 0.368 e. The highest BCUT2D eigenvalue weighted by Gasteiger charge is 2.20. The summed E-state index contributed by atoms with van der Waals surface area (Å²) in [7, 11) is 0. The Morgan fingerprint density at radius 1 is 1.15 bits per heavy atom. The van der Waals surface area contributed by atoms with E-state index in [1.807, 2.05) is 6.92 Å². The summed E-state index contributed by atoms with van der Waals surface area (Å²) < 4.78 is 1.19. The summed E-state index contributed by atoms with van der Waals surface area (Å²) >= 11 is 3.72. The first kappa shape index (κ1) is 15.8. The van der Waals surface area contributed by atoms with Gasteiger partial charge in [-0.15, -0.1) is 0 Å². The highest BCUT2D eigenvalue weighted by molar-refractivity contribution is 9.10. The minimum atomic E-state index is 0.210. The fourth-order valence-corrected chi connectivity index (χ4v) is 3.46. The van der Waals surface area contributed by atoms with Crippen molar-refractivity contribution >= 4 is 21.6 Å². The molecule has 1 aliphatic heterocycles. The molecule has 0 aromatic heterocycles. The number of hydrogen-bond donors (Lipinski definition) is 1. The summed E-state index contributed by atoms with van der Waals surface area (Å²) in [4.78, 5) is 5.01. The van der Waals surface area contributed by atoms with Gasteiger partial charge in [0.15, 0.2) is 0 Å². The molecule has 0 radical (unpaired) electrons. The molecule has 1 aromatic rings. The summed E-state index contributed by atoms with van der Waals surface area (Å²) in [6, 6.07) is 7.51. The Morgan fingerprint density at radius 2 is 1.80 bits per heavy atom. The highest BCUT2D eigenvalue weighted by atomic mass is 79.9. The van der Waals surface area contributed by atoms with Crippen LogP contribution in [0.1, 0.15) is 26.3 Å². The summed E-state index contributed by atoms with van der Waals surface area (Å²) in [5.74, 6) is 0. The van der Waals surface area contributed by atoms with E-state index in [1.165, 1.54) is 15.7 Å². The normalized spacial score (nSPS) is 18.6. The van der Waals surface area contributed by atoms with E-state index in [1.54, 1.807) is 0 Å². The molecule has 1 unspecified atom stereocenters. The van der Waals surface area contributed by atoms with E-state index in [-0.39, 0.29) is 6.04 Å². The van der Waals surface area contributed by atoms with Gasteiger partial charge in [-0.1, -0.05) is 6.07 Å². The fraction of sp³-hybridized carbons (Fsp3) is 0.625. The second-order valence-electron chi connectivity index (χ2n) is 6.08. The predicted octanol–water partition coefficient (Wildman–Crippen LogP) is 2.87. The Hall–Kier alpha value is -0.580. The van der Waals surface area contributed by atoms with Gasteiger partial charge in [-0.3, -0.25) is 4.90 Å². The van der Waals surface area contributed by atoms with Gasteiger partial charge in [0.2, 0.25) is 0 Å². The molecule has 1 atom stereocenters. The van der Waals surface area contributed by atoms with Crippen LogP contribution in [-0.2, 0) is 6.42 Å². The Morgan fingerprint density at radius 3 is 2.30 bits per heavy atom. The molecule has 3 nitrogen and oxygen atoms in total. The van der Waals surface area contributed by atoms with Crippen molar-refractivity contribution in [1.29, 1.82) is 0 Å². The maximum absolute atomic E-state index is 5.87. The van der Waals surface area contributed by atoms with Gasteiger partial charge in [-0.05, 0) is 60.8 Å². The zero-order chi connectivity index (χ0) is 14.7. The van der Waals surface area contributed by atoms with Gasteiger partial charge in [0.25, 0.3) is 0 Å². The number of rotatable bonds is 4. The zero-order valence-corrected chi connectivity index (χ0v) is 14.4. The maximum Gasteiger partial charge on any atom is 0.0511 e. The zero-order valence-electron chi connectivity index (χ0n) is 12.8. The van der Waals surface area contributed by atoms with Crippen LogP contribution in [0.15, 0.2) is 22.7 Å². The van der Waals surface area contributed by atoms with Gasteiger partial charge >= 0.3 is 0 Å². The Bertz CT molecular complexity index is 437. The molecule has 1 aromatic carbocycles. The van der Waals surface area contributed by atoms with Crippen molar-refractivity contribution < 1.29 is 0 Å². The van der Waals surface area contributed by atoms with Gasteiger partial charge in [-0.2, -0.15) is 0 Å². The summed E-state index contributed by atoms with van der Waals surface area (Å²) in [5.41, 5.74) is 8.48. The van der Waals surface area contributed by atoms with Crippen molar-refractivity contribution in [2.45, 2.75) is 39.3 Å². The molecule has 0 spiro atoms. The minimum absolute atomic E-state index is 0.210. The second-order valence-corrected chi connectivity index (χ2v) is 6.94. The molecule has 20 heavy (non-hydrogen) atoms. The van der Waals surface area contributed by atoms with E-state index in [4.69, 9.17) is 5.73 Å². The third-order valence-corrected chi connectivity index (χ3v) is 4.59. The van der Waals surface area contributed by atoms with Crippen LogP contribution in [0.4, 0.5) is 5.69 Å². The molecule has 0 amide bonds. The fourth-order valence-electron chi connectivity index (χ4n) is 2.78. The van der Waals surface area contributed by atoms with Crippen LogP contribution in [0.2, 0.25) is 0 Å². The van der Waals surface area contributed by atoms with Crippen molar-refractivity contribution in [3.8, 4) is 0 Å². The van der Waals surface area contributed by atoms with Crippen molar-refractivity contribution in [3.63, 3.8) is 0 Å². The van der Waals surface area contributed by atoms with Crippen LogP contribution >= 0.6 is 15.9 Å². The summed E-state index contributed by atoms with van der Waals surface area (Å²) in [6.45, 7) is 11.1. The van der Waals surface area contributed by atoms with Crippen LogP contribution in [0.5, 0.6) is 0 Å². The lowest BCUT2D eigenvalue weighted by atomic mass is 10.1. The van der Waals surface area contributed by atoms with E-state index in [9.17, 15) is 0 Å². The lowest BCUT2D eigenvalue weighted by Crippen LogP contribution is -2.49. The average Bonchev–Trinajstić information content (AvgIpc) is 2.38. The molecule has 0 aliphatic carbocycles. The van der Waals surface area contributed by atoms with Crippen molar-refractivity contribution in [2.75, 3.05) is 31.1 Å². The standard InChI is InChI=1S/C16H26BrN3/c1-12(2)19-6-8-20(9-7-19)16-5-4-14(10-13(3)18)11-15(16)17/h4-5,11-13H,6-10,18H2,1-3H3. The quantitative estimate of drug-likeness (QED) is 0.915. The molecule has 1 fully saturated rings. The number of benzene rings is 1. The molecule has 2 rings (SSSR count). The first-order valence-electron chi connectivity index (χ1n) is 7.50. The van der Waals surface area contributed by atoms with E-state index < -0.39 is 0 Å². The third-order valence-electron chi connectivity index (χ3n) is 3.96. The highest BCUT2D eigenvalue weighted by Crippen LogP contribution is 2.28. The molecule has 1 heterocycles. The van der Waals surface area contributed by atoms with Gasteiger partial charge in [0, 0.05) is 42.7 Å². The lowest BCUT2D eigenvalue weighted by molar-refractivity contribution is 0.209. The maximum atomic E-state index is 5.87. The van der Waals surface area contributed by atoms with Gasteiger partial charge in [-0.25, -0.2) is 0 Å². The van der Waals surface area contributed by atoms with Crippen LogP contribution in [0.25, 0.3) is 0 Å². The summed E-state index contributed by atoms with van der Waals surface area (Å²) in [5, 5.41) is 0. The van der Waals surface area contributed by atoms with Crippen molar-refractivity contribution in [2.24, 2.45) is 5.73 Å². The SMILES string of the molecule is CC(N)Cc1ccc(N2CCN(C(C)C)CC2)c(Br)c1. The molecular weight excluding hydrogens is 314 g/mol. The second kappa shape index (κ2) is 6.92. The first-order valence-corrected chi connectivity index (χ1v) is 8.29. The van der Waals surface area contributed by atoms with Crippen molar-refractivity contribution in [1.82, 2.24) is 4.90 Å². The van der Waals surface area contributed by atoms with Crippen LogP contribution < -0.4 is 10.6 Å². The van der Waals surface area contributed by atoms with Gasteiger partial charge in [0.05, 0.1) is 5.69 Å². The third kappa shape index (κ3) is 3.96. The van der Waals surface area contributed by atoms with Crippen LogP contribution in [0, 0.1) is 0 Å². The molecule has 0 bridgehead atoms. The van der Waals surface area contributed by atoms with E-state index in [0.29, 0.717) is 6.04 Å². The monoisotopic (exact) mass is 339 g/mol. The molecule has 112 valence electrons. The first-order chi connectivity index (χ1) is 9.47. The van der Waals surface area contributed by atoms with Crippen LogP contribution in [-0.4, -0.2) is 43.2 Å². The number of piperazine rings is 1. The van der Waals surface area contributed by atoms with Crippen molar-refractivity contribution in [3.05, 3.63) is 28.2 Å². The van der Waals surface area contributed by atoms with E-state index in [0.717, 1.165) is 32.6 Å². The molecule has 4 heteroatoms. The van der Waals surface area contributed by atoms with Gasteiger partial charge in [0.1, 0.15) is 0 Å². The molecule has 2 N–H and O–H groups in total. The predicted molar refractivity (Wildman–Crippen MR) is 90.4 cm³/mol. The Labute approximate surface area is 131 Å².